The quantitative estimate of drug-likeness (QED) is 0.301. The fourth-order valence-corrected chi connectivity index (χ4v) is 4.15. The Morgan fingerprint density at radius 3 is 2.22 bits per heavy atom. The van der Waals surface area contributed by atoms with E-state index in [4.69, 9.17) is 27.9 Å². The number of nitrogens with zero attached hydrogens (tertiary/aromatic N) is 2. The van der Waals surface area contributed by atoms with Crippen LogP contribution in [0, 0.1) is 0 Å². The SMILES string of the molecule is COc1ccc(-c2cnc(SCC(=O)Nc3ccc(Cl)cc3)n2-c2ccc(Cl)cc2)cc1. The minimum absolute atomic E-state index is 0.131. The highest BCUT2D eigenvalue weighted by Crippen LogP contribution is 2.31. The second-order valence-corrected chi connectivity index (χ2v) is 8.63. The molecule has 0 aliphatic rings. The van der Waals surface area contributed by atoms with E-state index in [9.17, 15) is 4.79 Å². The highest BCUT2D eigenvalue weighted by molar-refractivity contribution is 7.99. The zero-order valence-electron chi connectivity index (χ0n) is 17.1. The molecule has 8 heteroatoms. The second kappa shape index (κ2) is 10.1. The maximum absolute atomic E-state index is 12.5. The molecule has 0 bridgehead atoms. The van der Waals surface area contributed by atoms with Crippen LogP contribution in [-0.2, 0) is 4.79 Å². The molecule has 3 aromatic carbocycles. The van der Waals surface area contributed by atoms with Crippen LogP contribution in [0.25, 0.3) is 16.9 Å². The van der Waals surface area contributed by atoms with Crippen LogP contribution in [0.4, 0.5) is 5.69 Å². The summed E-state index contributed by atoms with van der Waals surface area (Å²) in [6.07, 6.45) is 1.80. The summed E-state index contributed by atoms with van der Waals surface area (Å²) in [7, 11) is 1.64. The number of rotatable bonds is 7. The van der Waals surface area contributed by atoms with Gasteiger partial charge in [0.1, 0.15) is 5.75 Å². The monoisotopic (exact) mass is 483 g/mol. The summed E-state index contributed by atoms with van der Waals surface area (Å²) in [6.45, 7) is 0. The number of halogens is 2. The molecule has 0 atom stereocenters. The molecular weight excluding hydrogens is 465 g/mol. The summed E-state index contributed by atoms with van der Waals surface area (Å²) < 4.78 is 7.28. The summed E-state index contributed by atoms with van der Waals surface area (Å²) in [6, 6.07) is 22.3. The van der Waals surface area contributed by atoms with Crippen LogP contribution in [0.2, 0.25) is 10.0 Å². The van der Waals surface area contributed by atoms with Gasteiger partial charge in [-0.25, -0.2) is 4.98 Å². The molecule has 1 N–H and O–H groups in total. The number of ether oxygens (including phenoxy) is 1. The van der Waals surface area contributed by atoms with Crippen LogP contribution in [0.15, 0.2) is 84.1 Å². The molecule has 0 unspecified atom stereocenters. The Hall–Kier alpha value is -2.93. The van der Waals surface area contributed by atoms with E-state index >= 15 is 0 Å². The van der Waals surface area contributed by atoms with Crippen LogP contribution in [0.1, 0.15) is 0 Å². The molecule has 0 radical (unpaired) electrons. The van der Waals surface area contributed by atoms with Gasteiger partial charge in [0, 0.05) is 27.0 Å². The number of hydrogen-bond acceptors (Lipinski definition) is 4. The fraction of sp³-hybridized carbons (Fsp3) is 0.0833. The Labute approximate surface area is 200 Å². The number of imidazole rings is 1. The molecule has 4 rings (SSSR count). The molecule has 0 spiro atoms. The van der Waals surface area contributed by atoms with Crippen molar-refractivity contribution in [1.29, 1.82) is 0 Å². The lowest BCUT2D eigenvalue weighted by Crippen LogP contribution is -2.14. The van der Waals surface area contributed by atoms with E-state index in [1.807, 2.05) is 53.1 Å². The zero-order chi connectivity index (χ0) is 22.5. The molecule has 0 aliphatic heterocycles. The molecule has 32 heavy (non-hydrogen) atoms. The Kier molecular flexibility index (Phi) is 7.05. The van der Waals surface area contributed by atoms with Gasteiger partial charge in [0.15, 0.2) is 5.16 Å². The number of anilines is 1. The van der Waals surface area contributed by atoms with E-state index in [0.717, 1.165) is 22.7 Å². The topological polar surface area (TPSA) is 56.1 Å². The van der Waals surface area contributed by atoms with E-state index in [1.165, 1.54) is 11.8 Å². The van der Waals surface area contributed by atoms with Gasteiger partial charge in [-0.3, -0.25) is 9.36 Å². The van der Waals surface area contributed by atoms with Crippen molar-refractivity contribution >= 4 is 46.6 Å². The number of carbonyl (C=O) groups excluding carboxylic acids is 1. The summed E-state index contributed by atoms with van der Waals surface area (Å²) in [5.41, 5.74) is 3.47. The van der Waals surface area contributed by atoms with Crippen molar-refractivity contribution in [3.63, 3.8) is 0 Å². The number of aromatic nitrogens is 2. The second-order valence-electron chi connectivity index (χ2n) is 6.81. The van der Waals surface area contributed by atoms with Crippen LogP contribution >= 0.6 is 35.0 Å². The van der Waals surface area contributed by atoms with Crippen molar-refractivity contribution in [2.45, 2.75) is 5.16 Å². The van der Waals surface area contributed by atoms with Gasteiger partial charge in [0.05, 0.1) is 24.8 Å². The molecule has 0 aliphatic carbocycles. The predicted molar refractivity (Wildman–Crippen MR) is 131 cm³/mol. The summed E-state index contributed by atoms with van der Waals surface area (Å²) in [5.74, 6) is 0.851. The smallest absolute Gasteiger partial charge is 0.234 e. The third kappa shape index (κ3) is 5.27. The van der Waals surface area contributed by atoms with Crippen molar-refractivity contribution in [2.75, 3.05) is 18.2 Å². The van der Waals surface area contributed by atoms with Crippen molar-refractivity contribution < 1.29 is 9.53 Å². The van der Waals surface area contributed by atoms with Gasteiger partial charge in [0.2, 0.25) is 5.91 Å². The zero-order valence-corrected chi connectivity index (χ0v) is 19.4. The predicted octanol–water partition coefficient (Wildman–Crippen LogP) is 6.59. The maximum atomic E-state index is 12.5. The highest BCUT2D eigenvalue weighted by atomic mass is 35.5. The Morgan fingerprint density at radius 1 is 0.969 bits per heavy atom. The first-order valence-corrected chi connectivity index (χ1v) is 11.4. The Morgan fingerprint density at radius 2 is 1.59 bits per heavy atom. The lowest BCUT2D eigenvalue weighted by Gasteiger charge is -2.13. The third-order valence-corrected chi connectivity index (χ3v) is 6.12. The first-order valence-electron chi connectivity index (χ1n) is 9.70. The van der Waals surface area contributed by atoms with Gasteiger partial charge < -0.3 is 10.1 Å². The molecule has 0 saturated heterocycles. The van der Waals surface area contributed by atoms with Gasteiger partial charge in [-0.15, -0.1) is 0 Å². The maximum Gasteiger partial charge on any atom is 0.234 e. The normalized spacial score (nSPS) is 10.7. The number of benzene rings is 3. The van der Waals surface area contributed by atoms with Gasteiger partial charge in [-0.2, -0.15) is 0 Å². The van der Waals surface area contributed by atoms with Crippen molar-refractivity contribution in [3.8, 4) is 22.7 Å². The van der Waals surface area contributed by atoms with E-state index in [2.05, 4.69) is 10.3 Å². The lowest BCUT2D eigenvalue weighted by atomic mass is 10.1. The third-order valence-electron chi connectivity index (χ3n) is 4.66. The van der Waals surface area contributed by atoms with E-state index in [1.54, 1.807) is 37.6 Å². The van der Waals surface area contributed by atoms with Crippen LogP contribution in [-0.4, -0.2) is 28.3 Å². The first-order chi connectivity index (χ1) is 15.5. The van der Waals surface area contributed by atoms with E-state index in [0.29, 0.717) is 20.9 Å². The molecule has 162 valence electrons. The summed E-state index contributed by atoms with van der Waals surface area (Å²) >= 11 is 13.3. The molecule has 0 fully saturated rings. The number of thioether (sulfide) groups is 1. The number of nitrogens with one attached hydrogen (secondary N) is 1. The van der Waals surface area contributed by atoms with Gasteiger partial charge in [-0.1, -0.05) is 35.0 Å². The summed E-state index contributed by atoms with van der Waals surface area (Å²) in [5, 5.41) is 4.84. The van der Waals surface area contributed by atoms with Crippen LogP contribution < -0.4 is 10.1 Å². The molecule has 4 aromatic rings. The minimum atomic E-state index is -0.131. The fourth-order valence-electron chi connectivity index (χ4n) is 3.10. The molecule has 1 heterocycles. The van der Waals surface area contributed by atoms with Crippen molar-refractivity contribution in [2.24, 2.45) is 0 Å². The average molecular weight is 484 g/mol. The molecule has 0 saturated carbocycles. The van der Waals surface area contributed by atoms with E-state index in [-0.39, 0.29) is 11.7 Å². The Bertz CT molecular complexity index is 1210. The minimum Gasteiger partial charge on any atom is -0.497 e. The molecule has 1 aromatic heterocycles. The number of hydrogen-bond donors (Lipinski definition) is 1. The van der Waals surface area contributed by atoms with Crippen LogP contribution in [0.3, 0.4) is 0 Å². The Balaban J connectivity index is 1.59. The van der Waals surface area contributed by atoms with Gasteiger partial charge in [-0.05, 0) is 72.8 Å². The number of carbonyl (C=O) groups is 1. The lowest BCUT2D eigenvalue weighted by molar-refractivity contribution is -0.113. The first kappa shape index (κ1) is 22.3. The van der Waals surface area contributed by atoms with Crippen molar-refractivity contribution in [1.82, 2.24) is 9.55 Å². The summed E-state index contributed by atoms with van der Waals surface area (Å²) in [4.78, 5) is 17.1. The van der Waals surface area contributed by atoms with Gasteiger partial charge >= 0.3 is 0 Å². The van der Waals surface area contributed by atoms with Crippen molar-refractivity contribution in [3.05, 3.63) is 89.0 Å². The standard InChI is InChI=1S/C24H19Cl2N3O2S/c1-31-21-12-2-16(3-13-21)22-14-27-24(29(22)20-10-6-18(26)7-11-20)32-15-23(30)28-19-8-4-17(25)5-9-19/h2-14H,15H2,1H3,(H,28,30). The number of amides is 1. The van der Waals surface area contributed by atoms with Gasteiger partial charge in [0.25, 0.3) is 0 Å². The largest absolute Gasteiger partial charge is 0.497 e. The average Bonchev–Trinajstić information content (AvgIpc) is 3.24. The number of methoxy groups -OCH3 is 1. The molecule has 5 nitrogen and oxygen atoms in total. The molecule has 1 amide bonds. The highest BCUT2D eigenvalue weighted by Gasteiger charge is 2.16. The molecular formula is C24H19Cl2N3O2S. The van der Waals surface area contributed by atoms with Crippen LogP contribution in [0.5, 0.6) is 5.75 Å². The van der Waals surface area contributed by atoms with E-state index < -0.39 is 0 Å².